The zero-order chi connectivity index (χ0) is 13.3. The maximum absolute atomic E-state index is 11.0. The highest BCUT2D eigenvalue weighted by atomic mass is 35.5. The van der Waals surface area contributed by atoms with Gasteiger partial charge in [0.2, 0.25) is 0 Å². The predicted molar refractivity (Wildman–Crippen MR) is 71.4 cm³/mol. The van der Waals surface area contributed by atoms with Gasteiger partial charge < -0.3 is 10.0 Å². The predicted octanol–water partition coefficient (Wildman–Crippen LogP) is 3.06. The van der Waals surface area contributed by atoms with E-state index >= 15 is 0 Å². The molecule has 0 radical (unpaired) electrons. The fourth-order valence-corrected chi connectivity index (χ4v) is 2.71. The number of aromatic carboxylic acids is 1. The zero-order valence-corrected chi connectivity index (χ0v) is 11.3. The van der Waals surface area contributed by atoms with Crippen LogP contribution >= 0.6 is 11.6 Å². The van der Waals surface area contributed by atoms with Gasteiger partial charge in [0.25, 0.3) is 0 Å². The number of pyridine rings is 1. The van der Waals surface area contributed by atoms with Crippen molar-refractivity contribution in [3.8, 4) is 0 Å². The first-order valence-electron chi connectivity index (χ1n) is 6.15. The summed E-state index contributed by atoms with van der Waals surface area (Å²) in [6.45, 7) is 5.27. The summed E-state index contributed by atoms with van der Waals surface area (Å²) in [7, 11) is 0. The second-order valence-corrected chi connectivity index (χ2v) is 5.40. The molecular weight excluding hydrogens is 252 g/mol. The Morgan fingerprint density at radius 3 is 2.83 bits per heavy atom. The van der Waals surface area contributed by atoms with E-state index in [2.05, 4.69) is 23.7 Å². The van der Waals surface area contributed by atoms with Crippen molar-refractivity contribution in [2.24, 2.45) is 5.92 Å². The van der Waals surface area contributed by atoms with E-state index in [9.17, 15) is 4.79 Å². The van der Waals surface area contributed by atoms with E-state index in [1.165, 1.54) is 6.07 Å². The second-order valence-electron chi connectivity index (χ2n) is 5.01. The molecular formula is C13H17ClN2O2. The van der Waals surface area contributed by atoms with Gasteiger partial charge in [-0.3, -0.25) is 0 Å². The molecule has 1 fully saturated rings. The maximum Gasteiger partial charge on any atom is 0.335 e. The third kappa shape index (κ3) is 2.75. The summed E-state index contributed by atoms with van der Waals surface area (Å²) in [5.41, 5.74) is 0.191. The quantitative estimate of drug-likeness (QED) is 0.838. The van der Waals surface area contributed by atoms with Crippen LogP contribution in [0.5, 0.6) is 0 Å². The molecule has 0 amide bonds. The molecule has 2 rings (SSSR count). The third-order valence-corrected chi connectivity index (χ3v) is 3.65. The molecule has 0 bridgehead atoms. The van der Waals surface area contributed by atoms with Gasteiger partial charge in [0.1, 0.15) is 11.0 Å². The summed E-state index contributed by atoms with van der Waals surface area (Å²) >= 11 is 5.89. The first kappa shape index (κ1) is 13.1. The minimum Gasteiger partial charge on any atom is -0.478 e. The number of hydrogen-bond donors (Lipinski definition) is 1. The van der Waals surface area contributed by atoms with Crippen LogP contribution in [0.2, 0.25) is 5.15 Å². The molecule has 0 aromatic carbocycles. The Morgan fingerprint density at radius 2 is 2.22 bits per heavy atom. The van der Waals surface area contributed by atoms with Crippen LogP contribution < -0.4 is 4.90 Å². The molecule has 98 valence electrons. The molecule has 0 saturated carbocycles. The van der Waals surface area contributed by atoms with E-state index in [0.717, 1.165) is 19.4 Å². The summed E-state index contributed by atoms with van der Waals surface area (Å²) in [6.07, 6.45) is 2.19. The van der Waals surface area contributed by atoms with Crippen LogP contribution in [-0.2, 0) is 0 Å². The second kappa shape index (κ2) is 5.14. The molecule has 18 heavy (non-hydrogen) atoms. The number of carbonyl (C=O) groups is 1. The number of piperidine rings is 1. The Bertz CT molecular complexity index is 464. The lowest BCUT2D eigenvalue weighted by atomic mass is 9.93. The van der Waals surface area contributed by atoms with E-state index in [4.69, 9.17) is 16.7 Å². The van der Waals surface area contributed by atoms with E-state index < -0.39 is 5.97 Å². The van der Waals surface area contributed by atoms with Crippen LogP contribution in [0.15, 0.2) is 12.1 Å². The van der Waals surface area contributed by atoms with Crippen molar-refractivity contribution < 1.29 is 9.90 Å². The molecule has 1 saturated heterocycles. The number of halogens is 1. The first-order chi connectivity index (χ1) is 8.47. The molecule has 5 heteroatoms. The minimum atomic E-state index is -0.974. The third-order valence-electron chi connectivity index (χ3n) is 3.46. The Hall–Kier alpha value is -1.29. The molecule has 0 spiro atoms. The average molecular weight is 269 g/mol. The number of anilines is 1. The normalized spacial score (nSPS) is 24.1. The fraction of sp³-hybridized carbons (Fsp3) is 0.538. The van der Waals surface area contributed by atoms with Crippen molar-refractivity contribution in [1.82, 2.24) is 4.98 Å². The standard InChI is InChI=1S/C13H17ClN2O2/c1-8-3-4-16(9(2)5-8)12-7-10(13(17)18)6-11(14)15-12/h6-9H,3-5H2,1-2H3,(H,17,18). The fourth-order valence-electron chi connectivity index (χ4n) is 2.50. The van der Waals surface area contributed by atoms with Crippen molar-refractivity contribution >= 4 is 23.4 Å². The molecule has 1 N–H and O–H groups in total. The smallest absolute Gasteiger partial charge is 0.335 e. The number of hydrogen-bond acceptors (Lipinski definition) is 3. The molecule has 0 aliphatic carbocycles. The number of nitrogens with zero attached hydrogens (tertiary/aromatic N) is 2. The monoisotopic (exact) mass is 268 g/mol. The van der Waals surface area contributed by atoms with Crippen molar-refractivity contribution in [3.05, 3.63) is 22.8 Å². The molecule has 1 aliphatic rings. The van der Waals surface area contributed by atoms with Crippen LogP contribution in [0.1, 0.15) is 37.0 Å². The van der Waals surface area contributed by atoms with Crippen molar-refractivity contribution in [2.45, 2.75) is 32.7 Å². The first-order valence-corrected chi connectivity index (χ1v) is 6.52. The molecule has 2 unspecified atom stereocenters. The van der Waals surface area contributed by atoms with Gasteiger partial charge in [-0.25, -0.2) is 9.78 Å². The number of carboxylic acids is 1. The summed E-state index contributed by atoms with van der Waals surface area (Å²) in [5.74, 6) is 0.396. The molecule has 1 aliphatic heterocycles. The van der Waals surface area contributed by atoms with Gasteiger partial charge in [-0.2, -0.15) is 0 Å². The molecule has 1 aromatic rings. The van der Waals surface area contributed by atoms with E-state index in [1.807, 2.05) is 0 Å². The van der Waals surface area contributed by atoms with E-state index in [-0.39, 0.29) is 10.7 Å². The van der Waals surface area contributed by atoms with Gasteiger partial charge in [0.15, 0.2) is 0 Å². The lowest BCUT2D eigenvalue weighted by Gasteiger charge is -2.37. The summed E-state index contributed by atoms with van der Waals surface area (Å²) in [6, 6.07) is 3.34. The average Bonchev–Trinajstić information content (AvgIpc) is 2.27. The summed E-state index contributed by atoms with van der Waals surface area (Å²) in [4.78, 5) is 17.4. The molecule has 2 heterocycles. The lowest BCUT2D eigenvalue weighted by Crippen LogP contribution is -2.40. The van der Waals surface area contributed by atoms with Crippen LogP contribution in [-0.4, -0.2) is 28.6 Å². The maximum atomic E-state index is 11.0. The van der Waals surface area contributed by atoms with Crippen molar-refractivity contribution in [2.75, 3.05) is 11.4 Å². The molecule has 2 atom stereocenters. The van der Waals surface area contributed by atoms with Gasteiger partial charge in [-0.1, -0.05) is 18.5 Å². The zero-order valence-electron chi connectivity index (χ0n) is 10.6. The van der Waals surface area contributed by atoms with Gasteiger partial charge >= 0.3 is 5.97 Å². The highest BCUT2D eigenvalue weighted by Crippen LogP contribution is 2.28. The van der Waals surface area contributed by atoms with Crippen LogP contribution in [0.3, 0.4) is 0 Å². The number of carboxylic acid groups (broad SMARTS) is 1. The minimum absolute atomic E-state index is 0.191. The highest BCUT2D eigenvalue weighted by Gasteiger charge is 2.24. The van der Waals surface area contributed by atoms with Gasteiger partial charge in [0.05, 0.1) is 5.56 Å². The van der Waals surface area contributed by atoms with Crippen molar-refractivity contribution in [1.29, 1.82) is 0 Å². The van der Waals surface area contributed by atoms with Crippen molar-refractivity contribution in [3.63, 3.8) is 0 Å². The highest BCUT2D eigenvalue weighted by molar-refractivity contribution is 6.29. The van der Waals surface area contributed by atoms with Gasteiger partial charge in [0, 0.05) is 12.6 Å². The summed E-state index contributed by atoms with van der Waals surface area (Å²) in [5, 5.41) is 9.27. The summed E-state index contributed by atoms with van der Waals surface area (Å²) < 4.78 is 0. The van der Waals surface area contributed by atoms with Crippen LogP contribution in [0.4, 0.5) is 5.82 Å². The Balaban J connectivity index is 2.30. The van der Waals surface area contributed by atoms with E-state index in [0.29, 0.717) is 17.8 Å². The van der Waals surface area contributed by atoms with Crippen LogP contribution in [0.25, 0.3) is 0 Å². The lowest BCUT2D eigenvalue weighted by molar-refractivity contribution is 0.0696. The Labute approximate surface area is 112 Å². The van der Waals surface area contributed by atoms with Crippen LogP contribution in [0, 0.1) is 5.92 Å². The Kier molecular flexibility index (Phi) is 3.76. The largest absolute Gasteiger partial charge is 0.478 e. The molecule has 1 aromatic heterocycles. The van der Waals surface area contributed by atoms with E-state index in [1.54, 1.807) is 6.07 Å². The topological polar surface area (TPSA) is 53.4 Å². The van der Waals surface area contributed by atoms with Gasteiger partial charge in [-0.15, -0.1) is 0 Å². The number of aromatic nitrogens is 1. The SMILES string of the molecule is CC1CCN(c2cc(C(=O)O)cc(Cl)n2)C(C)C1. The van der Waals surface area contributed by atoms with Gasteiger partial charge in [-0.05, 0) is 37.8 Å². The Morgan fingerprint density at radius 1 is 1.50 bits per heavy atom. The number of rotatable bonds is 2. The molecule has 4 nitrogen and oxygen atoms in total.